The van der Waals surface area contributed by atoms with Gasteiger partial charge < -0.3 is 29.2 Å². The van der Waals surface area contributed by atoms with E-state index in [1.165, 1.54) is 29.1 Å². The topological polar surface area (TPSA) is 177 Å². The van der Waals surface area contributed by atoms with Crippen molar-refractivity contribution in [3.8, 4) is 45.9 Å². The van der Waals surface area contributed by atoms with Gasteiger partial charge in [0.15, 0.2) is 33.5 Å². The van der Waals surface area contributed by atoms with Crippen LogP contribution in [-0.4, -0.2) is 74.6 Å². The number of carbonyl (C=O) groups is 2. The lowest BCUT2D eigenvalue weighted by Gasteiger charge is -2.12. The number of para-hydroxylation sites is 1. The average Bonchev–Trinajstić information content (AvgIpc) is 4.00. The molecule has 6 heterocycles. The number of ether oxygens (including phenoxy) is 2. The summed E-state index contributed by atoms with van der Waals surface area (Å²) in [5.41, 5.74) is 4.77. The molecular weight excluding hydrogens is 763 g/mol. The monoisotopic (exact) mass is 799 g/mol. The Labute approximate surface area is 336 Å². The van der Waals surface area contributed by atoms with Gasteiger partial charge >= 0.3 is 0 Å². The molecule has 0 radical (unpaired) electrons. The highest BCUT2D eigenvalue weighted by atomic mass is 32.2. The number of aryl methyl sites for hydroxylation is 1. The molecule has 0 atom stereocenters. The van der Waals surface area contributed by atoms with Gasteiger partial charge in [-0.05, 0) is 62.2 Å². The number of nitrogens with one attached hydrogen (secondary N) is 2. The van der Waals surface area contributed by atoms with Crippen molar-refractivity contribution >= 4 is 57.5 Å². The van der Waals surface area contributed by atoms with Crippen molar-refractivity contribution in [2.75, 3.05) is 28.9 Å². The van der Waals surface area contributed by atoms with Crippen molar-refractivity contribution in [3.63, 3.8) is 0 Å². The number of hydrogen-bond acceptors (Lipinski definition) is 13. The first-order valence-corrected chi connectivity index (χ1v) is 20.3. The molecule has 7 aromatic rings. The standard InChI is InChI=1S/C40H37N11O4S2/c1-4-24-12-14-27(15-13-24)44-33(53)22-56-39-48-46-37(50(39)5-2)30-19-31-36(55-23-54-31)35(45-30)29-18-28-25(20-42-29)16-17-41-34(28)38-47-49-40(51(38)6-3)57-21-32(52)43-26-10-8-7-9-11-26/h7-20H,4-6,21-23H2,1-3H3,(H,43,52)(H,44,53). The van der Waals surface area contributed by atoms with Crippen molar-refractivity contribution in [1.29, 1.82) is 0 Å². The Morgan fingerprint density at radius 1 is 0.719 bits per heavy atom. The quantitative estimate of drug-likeness (QED) is 0.108. The number of benzene rings is 2. The van der Waals surface area contributed by atoms with Crippen LogP contribution in [-0.2, 0) is 29.1 Å². The number of nitrogens with zero attached hydrogens (tertiary/aromatic N) is 9. The molecule has 0 saturated heterocycles. The number of thioether (sulfide) groups is 2. The van der Waals surface area contributed by atoms with Crippen LogP contribution in [0.1, 0.15) is 26.3 Å². The van der Waals surface area contributed by atoms with E-state index in [2.05, 4.69) is 38.0 Å². The fourth-order valence-electron chi connectivity index (χ4n) is 6.30. The van der Waals surface area contributed by atoms with Crippen molar-refractivity contribution < 1.29 is 19.1 Å². The van der Waals surface area contributed by atoms with E-state index < -0.39 is 0 Å². The predicted octanol–water partition coefficient (Wildman–Crippen LogP) is 7.00. The van der Waals surface area contributed by atoms with Crippen molar-refractivity contribution in [1.82, 2.24) is 44.5 Å². The van der Waals surface area contributed by atoms with Gasteiger partial charge in [-0.1, -0.05) is 60.8 Å². The third kappa shape index (κ3) is 8.01. The van der Waals surface area contributed by atoms with E-state index in [-0.39, 0.29) is 30.1 Å². The number of anilines is 2. The van der Waals surface area contributed by atoms with E-state index in [1.54, 1.807) is 18.5 Å². The van der Waals surface area contributed by atoms with Crippen LogP contribution in [0.25, 0.3) is 45.2 Å². The van der Waals surface area contributed by atoms with Gasteiger partial charge in [-0.3, -0.25) is 19.6 Å². The van der Waals surface area contributed by atoms with Gasteiger partial charge in [-0.15, -0.1) is 20.4 Å². The smallest absolute Gasteiger partial charge is 0.234 e. The Balaban J connectivity index is 1.06. The molecule has 0 unspecified atom stereocenters. The fraction of sp³-hybridized carbons (Fsp3) is 0.225. The summed E-state index contributed by atoms with van der Waals surface area (Å²) in [4.78, 5) is 40.1. The zero-order chi connectivity index (χ0) is 39.3. The second-order valence-corrected chi connectivity index (χ2v) is 14.6. The molecule has 288 valence electrons. The number of amides is 2. The molecule has 0 spiro atoms. The summed E-state index contributed by atoms with van der Waals surface area (Å²) in [5.74, 6) is 2.05. The van der Waals surface area contributed by atoms with Crippen LogP contribution in [0.4, 0.5) is 11.4 Å². The molecule has 2 N–H and O–H groups in total. The lowest BCUT2D eigenvalue weighted by Crippen LogP contribution is -2.14. The first-order valence-electron chi connectivity index (χ1n) is 18.3. The van der Waals surface area contributed by atoms with Crippen molar-refractivity contribution in [2.45, 2.75) is 50.6 Å². The van der Waals surface area contributed by atoms with Gasteiger partial charge in [-0.25, -0.2) is 4.98 Å². The first-order chi connectivity index (χ1) is 27.9. The molecule has 5 aromatic heterocycles. The van der Waals surface area contributed by atoms with Crippen LogP contribution in [0.3, 0.4) is 0 Å². The first kappa shape index (κ1) is 37.6. The van der Waals surface area contributed by atoms with Crippen LogP contribution in [0.2, 0.25) is 0 Å². The number of aromatic nitrogens is 9. The van der Waals surface area contributed by atoms with E-state index in [4.69, 9.17) is 24.4 Å². The zero-order valence-electron chi connectivity index (χ0n) is 31.3. The molecule has 2 amide bonds. The minimum atomic E-state index is -0.144. The van der Waals surface area contributed by atoms with E-state index in [0.717, 1.165) is 28.6 Å². The number of pyridine rings is 3. The number of fused-ring (bicyclic) bond motifs is 2. The fourth-order valence-corrected chi connectivity index (χ4v) is 7.90. The van der Waals surface area contributed by atoms with E-state index in [0.29, 0.717) is 69.3 Å². The van der Waals surface area contributed by atoms with Crippen molar-refractivity contribution in [2.24, 2.45) is 0 Å². The number of hydrogen-bond donors (Lipinski definition) is 2. The second kappa shape index (κ2) is 16.8. The molecule has 17 heteroatoms. The highest BCUT2D eigenvalue weighted by Gasteiger charge is 2.27. The summed E-state index contributed by atoms with van der Waals surface area (Å²) >= 11 is 2.60. The number of carbonyl (C=O) groups excluding carboxylic acids is 2. The van der Waals surface area contributed by atoms with Gasteiger partial charge in [0.25, 0.3) is 0 Å². The lowest BCUT2D eigenvalue weighted by molar-refractivity contribution is -0.114. The van der Waals surface area contributed by atoms with Gasteiger partial charge in [0, 0.05) is 53.7 Å². The number of rotatable bonds is 14. The third-order valence-electron chi connectivity index (χ3n) is 9.12. The van der Waals surface area contributed by atoms with Gasteiger partial charge in [0.2, 0.25) is 18.6 Å². The Morgan fingerprint density at radius 2 is 1.39 bits per heavy atom. The Kier molecular flexibility index (Phi) is 11.1. The summed E-state index contributed by atoms with van der Waals surface area (Å²) < 4.78 is 15.6. The second-order valence-electron chi connectivity index (χ2n) is 12.7. The zero-order valence-corrected chi connectivity index (χ0v) is 32.9. The normalized spacial score (nSPS) is 11.9. The molecule has 1 aliphatic heterocycles. The summed E-state index contributed by atoms with van der Waals surface area (Å²) in [5, 5.41) is 26.5. The largest absolute Gasteiger partial charge is 0.453 e. The SMILES string of the molecule is CCc1ccc(NC(=O)CSc2nnc(-c3cc4c(c(-c5cc6c(-c7nnc(SCC(=O)Nc8ccccc8)n7CC)nccc6cn5)n3)OCO4)n2CC)cc1. The van der Waals surface area contributed by atoms with Gasteiger partial charge in [0.05, 0.1) is 17.2 Å². The average molecular weight is 800 g/mol. The van der Waals surface area contributed by atoms with Crippen LogP contribution in [0.5, 0.6) is 11.5 Å². The molecule has 0 aliphatic carbocycles. The Bertz CT molecular complexity index is 2580. The highest BCUT2D eigenvalue weighted by molar-refractivity contribution is 8.00. The van der Waals surface area contributed by atoms with Gasteiger partial charge in [0.1, 0.15) is 17.1 Å². The molecule has 8 rings (SSSR count). The maximum Gasteiger partial charge on any atom is 0.234 e. The minimum Gasteiger partial charge on any atom is -0.453 e. The third-order valence-corrected chi connectivity index (χ3v) is 11.1. The summed E-state index contributed by atoms with van der Waals surface area (Å²) in [7, 11) is 0. The Hall–Kier alpha value is -6.33. The predicted molar refractivity (Wildman–Crippen MR) is 219 cm³/mol. The molecule has 0 saturated carbocycles. The molecule has 1 aliphatic rings. The van der Waals surface area contributed by atoms with Gasteiger partial charge in [-0.2, -0.15) is 0 Å². The maximum absolute atomic E-state index is 12.8. The minimum absolute atomic E-state index is 0.0229. The van der Waals surface area contributed by atoms with Crippen molar-refractivity contribution in [3.05, 3.63) is 90.8 Å². The molecular formula is C40H37N11O4S2. The summed E-state index contributed by atoms with van der Waals surface area (Å²) in [6.07, 6.45) is 4.40. The Morgan fingerprint density at radius 3 is 2.07 bits per heavy atom. The molecule has 57 heavy (non-hydrogen) atoms. The van der Waals surface area contributed by atoms with E-state index >= 15 is 0 Å². The molecule has 2 aromatic carbocycles. The van der Waals surface area contributed by atoms with E-state index in [1.807, 2.05) is 89.7 Å². The van der Waals surface area contributed by atoms with Crippen LogP contribution in [0, 0.1) is 0 Å². The van der Waals surface area contributed by atoms with Crippen LogP contribution < -0.4 is 20.1 Å². The maximum atomic E-state index is 12.8. The molecule has 0 bridgehead atoms. The van der Waals surface area contributed by atoms with Crippen LogP contribution >= 0.6 is 23.5 Å². The summed E-state index contributed by atoms with van der Waals surface area (Å²) in [6.45, 7) is 7.19. The van der Waals surface area contributed by atoms with E-state index in [9.17, 15) is 9.59 Å². The summed E-state index contributed by atoms with van der Waals surface area (Å²) in [6, 6.07) is 22.7. The lowest BCUT2D eigenvalue weighted by atomic mass is 10.1. The highest BCUT2D eigenvalue weighted by Crippen LogP contribution is 2.43. The van der Waals surface area contributed by atoms with Crippen LogP contribution in [0.15, 0.2) is 95.5 Å². The molecule has 0 fully saturated rings. The molecule has 15 nitrogen and oxygen atoms in total.